The number of anilines is 1. The molecular formula is C15H12FN5O2S. The molecule has 0 bridgehead atoms. The molecule has 0 unspecified atom stereocenters. The lowest BCUT2D eigenvalue weighted by Gasteiger charge is -2.12. The molecule has 1 aliphatic rings. The van der Waals surface area contributed by atoms with E-state index in [9.17, 15) is 9.18 Å². The highest BCUT2D eigenvalue weighted by Crippen LogP contribution is 2.30. The molecule has 3 aromatic rings. The first kappa shape index (κ1) is 14.8. The van der Waals surface area contributed by atoms with E-state index in [1.54, 1.807) is 39.6 Å². The SMILES string of the molecule is O=C1c2nn(-c3ccc(OCCF)nc3)cc2CN1c1cncs1. The molecule has 4 rings (SSSR count). The summed E-state index contributed by atoms with van der Waals surface area (Å²) in [6.07, 6.45) is 5.05. The largest absolute Gasteiger partial charge is 0.475 e. The molecule has 9 heteroatoms. The van der Waals surface area contributed by atoms with Crippen LogP contribution >= 0.6 is 11.3 Å². The molecule has 0 radical (unpaired) electrons. The third-order valence-corrected chi connectivity index (χ3v) is 4.36. The van der Waals surface area contributed by atoms with Gasteiger partial charge in [-0.2, -0.15) is 5.10 Å². The number of fused-ring (bicyclic) bond motifs is 1. The number of carbonyl (C=O) groups is 1. The highest BCUT2D eigenvalue weighted by Gasteiger charge is 2.32. The summed E-state index contributed by atoms with van der Waals surface area (Å²) in [6.45, 7) is -0.112. The van der Waals surface area contributed by atoms with E-state index < -0.39 is 6.67 Å². The van der Waals surface area contributed by atoms with Crippen LogP contribution in [0.25, 0.3) is 5.69 Å². The van der Waals surface area contributed by atoms with Gasteiger partial charge in [-0.05, 0) is 6.07 Å². The molecule has 24 heavy (non-hydrogen) atoms. The van der Waals surface area contributed by atoms with Crippen molar-refractivity contribution in [2.75, 3.05) is 18.2 Å². The molecule has 1 amide bonds. The van der Waals surface area contributed by atoms with Gasteiger partial charge in [-0.25, -0.2) is 14.1 Å². The summed E-state index contributed by atoms with van der Waals surface area (Å²) in [5, 5.41) is 5.17. The second-order valence-electron chi connectivity index (χ2n) is 5.07. The number of hydrogen-bond donors (Lipinski definition) is 0. The Balaban J connectivity index is 1.55. The van der Waals surface area contributed by atoms with Crippen LogP contribution in [0.5, 0.6) is 5.88 Å². The zero-order valence-corrected chi connectivity index (χ0v) is 13.2. The Morgan fingerprint density at radius 3 is 2.92 bits per heavy atom. The minimum Gasteiger partial charge on any atom is -0.475 e. The van der Waals surface area contributed by atoms with Crippen LogP contribution in [0, 0.1) is 0 Å². The zero-order valence-electron chi connectivity index (χ0n) is 12.4. The van der Waals surface area contributed by atoms with Gasteiger partial charge in [0.15, 0.2) is 5.69 Å². The number of ether oxygens (including phenoxy) is 1. The number of aromatic nitrogens is 4. The molecule has 4 heterocycles. The smallest absolute Gasteiger partial charge is 0.280 e. The quantitative estimate of drug-likeness (QED) is 0.709. The maximum Gasteiger partial charge on any atom is 0.280 e. The number of halogens is 1. The number of alkyl halides is 1. The summed E-state index contributed by atoms with van der Waals surface area (Å²) >= 11 is 1.42. The van der Waals surface area contributed by atoms with Crippen LogP contribution in [0.2, 0.25) is 0 Å². The molecule has 0 atom stereocenters. The second kappa shape index (κ2) is 6.00. The predicted octanol–water partition coefficient (Wildman–Crippen LogP) is 2.23. The van der Waals surface area contributed by atoms with Gasteiger partial charge in [-0.15, -0.1) is 11.3 Å². The maximum atomic E-state index is 12.5. The van der Waals surface area contributed by atoms with Crippen molar-refractivity contribution in [3.05, 3.63) is 47.5 Å². The third-order valence-electron chi connectivity index (χ3n) is 3.56. The number of nitrogens with zero attached hydrogens (tertiary/aromatic N) is 5. The number of rotatable bonds is 5. The topological polar surface area (TPSA) is 73.1 Å². The lowest BCUT2D eigenvalue weighted by molar-refractivity contribution is 0.0992. The van der Waals surface area contributed by atoms with Crippen LogP contribution in [0.1, 0.15) is 16.1 Å². The van der Waals surface area contributed by atoms with Crippen LogP contribution < -0.4 is 9.64 Å². The summed E-state index contributed by atoms with van der Waals surface area (Å²) in [6, 6.07) is 3.40. The Bertz CT molecular complexity index is 863. The minimum absolute atomic E-state index is 0.0235. The van der Waals surface area contributed by atoms with Gasteiger partial charge in [-0.3, -0.25) is 14.7 Å². The average Bonchev–Trinajstić information content (AvgIpc) is 3.31. The Hall–Kier alpha value is -2.81. The van der Waals surface area contributed by atoms with E-state index >= 15 is 0 Å². The minimum atomic E-state index is -0.562. The summed E-state index contributed by atoms with van der Waals surface area (Å²) in [7, 11) is 0. The fourth-order valence-electron chi connectivity index (χ4n) is 2.46. The zero-order chi connectivity index (χ0) is 16.5. The highest BCUT2D eigenvalue weighted by atomic mass is 32.1. The van der Waals surface area contributed by atoms with Gasteiger partial charge in [0.25, 0.3) is 5.91 Å². The van der Waals surface area contributed by atoms with Crippen molar-refractivity contribution in [3.8, 4) is 11.6 Å². The van der Waals surface area contributed by atoms with Gasteiger partial charge in [0.1, 0.15) is 18.3 Å². The average molecular weight is 345 g/mol. The molecule has 0 aliphatic carbocycles. The third kappa shape index (κ3) is 2.52. The van der Waals surface area contributed by atoms with E-state index in [1.807, 2.05) is 6.20 Å². The van der Waals surface area contributed by atoms with Crippen molar-refractivity contribution in [2.45, 2.75) is 6.54 Å². The molecule has 1 aliphatic heterocycles. The fraction of sp³-hybridized carbons (Fsp3) is 0.200. The van der Waals surface area contributed by atoms with Crippen molar-refractivity contribution < 1.29 is 13.9 Å². The number of carbonyl (C=O) groups excluding carboxylic acids is 1. The van der Waals surface area contributed by atoms with Crippen molar-refractivity contribution in [3.63, 3.8) is 0 Å². The Morgan fingerprint density at radius 1 is 1.33 bits per heavy atom. The van der Waals surface area contributed by atoms with Gasteiger partial charge in [-0.1, -0.05) is 0 Å². The Kier molecular flexibility index (Phi) is 3.69. The molecule has 0 N–H and O–H groups in total. The van der Waals surface area contributed by atoms with E-state index in [0.29, 0.717) is 23.8 Å². The van der Waals surface area contributed by atoms with Crippen molar-refractivity contribution in [2.24, 2.45) is 0 Å². The maximum absolute atomic E-state index is 12.5. The van der Waals surface area contributed by atoms with E-state index in [-0.39, 0.29) is 12.5 Å². The van der Waals surface area contributed by atoms with E-state index in [2.05, 4.69) is 15.1 Å². The lowest BCUT2D eigenvalue weighted by atomic mass is 10.3. The first-order valence-corrected chi connectivity index (χ1v) is 8.08. The molecule has 0 saturated carbocycles. The number of pyridine rings is 1. The van der Waals surface area contributed by atoms with E-state index in [4.69, 9.17) is 4.74 Å². The van der Waals surface area contributed by atoms with Gasteiger partial charge in [0.05, 0.1) is 30.1 Å². The molecule has 0 spiro atoms. The van der Waals surface area contributed by atoms with Crippen molar-refractivity contribution >= 4 is 22.2 Å². The first-order valence-electron chi connectivity index (χ1n) is 7.20. The fourth-order valence-corrected chi connectivity index (χ4v) is 3.09. The molecule has 0 fully saturated rings. The second-order valence-corrected chi connectivity index (χ2v) is 5.94. The van der Waals surface area contributed by atoms with Crippen molar-refractivity contribution in [1.29, 1.82) is 0 Å². The lowest BCUT2D eigenvalue weighted by Crippen LogP contribution is -2.23. The molecule has 0 aromatic carbocycles. The van der Waals surface area contributed by atoms with Crippen LogP contribution in [0.15, 0.2) is 36.2 Å². The number of amides is 1. The van der Waals surface area contributed by atoms with E-state index in [0.717, 1.165) is 10.6 Å². The summed E-state index contributed by atoms with van der Waals surface area (Å²) in [4.78, 5) is 22.2. The molecular weight excluding hydrogens is 333 g/mol. The van der Waals surface area contributed by atoms with Crippen LogP contribution in [0.4, 0.5) is 9.39 Å². The monoisotopic (exact) mass is 345 g/mol. The number of thiazole rings is 1. The first-order chi connectivity index (χ1) is 11.8. The van der Waals surface area contributed by atoms with Crippen molar-refractivity contribution in [1.82, 2.24) is 19.7 Å². The molecule has 122 valence electrons. The number of hydrogen-bond acceptors (Lipinski definition) is 6. The predicted molar refractivity (Wildman–Crippen MR) is 85.5 cm³/mol. The van der Waals surface area contributed by atoms with E-state index in [1.165, 1.54) is 11.3 Å². The standard InChI is InChI=1S/C15H12FN5O2S/c16-3-4-23-12-2-1-11(5-18-12)21-8-10-7-20(13-6-17-9-24-13)15(22)14(10)19-21/h1-2,5-6,8-9H,3-4,7H2. The Labute approximate surface area is 140 Å². The van der Waals surface area contributed by atoms with Gasteiger partial charge in [0, 0.05) is 17.8 Å². The van der Waals surface area contributed by atoms with Gasteiger partial charge in [0.2, 0.25) is 5.88 Å². The van der Waals surface area contributed by atoms with Crippen LogP contribution in [-0.4, -0.2) is 38.9 Å². The Morgan fingerprint density at radius 2 is 2.25 bits per heavy atom. The van der Waals surface area contributed by atoms with Gasteiger partial charge < -0.3 is 4.74 Å². The summed E-state index contributed by atoms with van der Waals surface area (Å²) in [5.41, 5.74) is 3.68. The summed E-state index contributed by atoms with van der Waals surface area (Å²) in [5.74, 6) is 0.215. The molecule has 0 saturated heterocycles. The highest BCUT2D eigenvalue weighted by molar-refractivity contribution is 7.14. The summed E-state index contributed by atoms with van der Waals surface area (Å²) < 4.78 is 18.8. The normalized spacial score (nSPS) is 13.4. The molecule has 3 aromatic heterocycles. The molecule has 7 nitrogen and oxygen atoms in total. The van der Waals surface area contributed by atoms with Crippen LogP contribution in [-0.2, 0) is 6.54 Å². The van der Waals surface area contributed by atoms with Crippen LogP contribution in [0.3, 0.4) is 0 Å². The van der Waals surface area contributed by atoms with Gasteiger partial charge >= 0.3 is 0 Å².